The van der Waals surface area contributed by atoms with Crippen molar-refractivity contribution in [2.45, 2.75) is 12.6 Å². The van der Waals surface area contributed by atoms with Crippen molar-refractivity contribution in [3.63, 3.8) is 0 Å². The quantitative estimate of drug-likeness (QED) is 0.831. The highest BCUT2D eigenvalue weighted by Crippen LogP contribution is 2.13. The summed E-state index contributed by atoms with van der Waals surface area (Å²) in [6, 6.07) is 13.6. The van der Waals surface area contributed by atoms with Gasteiger partial charge in [0.25, 0.3) is 0 Å². The summed E-state index contributed by atoms with van der Waals surface area (Å²) in [5.41, 5.74) is 2.13. The summed E-state index contributed by atoms with van der Waals surface area (Å²) in [4.78, 5) is 4.15. The lowest BCUT2D eigenvalue weighted by Crippen LogP contribution is -2.23. The Labute approximate surface area is 113 Å². The van der Waals surface area contributed by atoms with Crippen molar-refractivity contribution in [2.75, 3.05) is 13.7 Å². The molecule has 4 heteroatoms. The van der Waals surface area contributed by atoms with Gasteiger partial charge in [-0.05, 0) is 11.1 Å². The van der Waals surface area contributed by atoms with E-state index in [4.69, 9.17) is 4.74 Å². The maximum Gasteiger partial charge on any atom is 0.212 e. The first kappa shape index (κ1) is 13.5. The molecule has 1 aromatic heterocycles. The normalized spacial score (nSPS) is 12.1. The molecule has 4 nitrogen and oxygen atoms in total. The third kappa shape index (κ3) is 3.77. The fraction of sp³-hybridized carbons (Fsp3) is 0.267. The Morgan fingerprint density at radius 2 is 2.00 bits per heavy atom. The fourth-order valence-corrected chi connectivity index (χ4v) is 1.85. The van der Waals surface area contributed by atoms with E-state index >= 15 is 0 Å². The zero-order valence-electron chi connectivity index (χ0n) is 10.9. The number of nitrogens with zero attached hydrogens (tertiary/aromatic N) is 1. The van der Waals surface area contributed by atoms with E-state index in [9.17, 15) is 5.11 Å². The molecule has 1 atom stereocenters. The molecule has 0 spiro atoms. The number of hydrogen-bond acceptors (Lipinski definition) is 4. The van der Waals surface area contributed by atoms with Gasteiger partial charge in [0, 0.05) is 18.8 Å². The summed E-state index contributed by atoms with van der Waals surface area (Å²) in [5, 5.41) is 12.8. The Morgan fingerprint density at radius 3 is 2.58 bits per heavy atom. The van der Waals surface area contributed by atoms with Crippen LogP contribution in [-0.4, -0.2) is 23.8 Å². The highest BCUT2D eigenvalue weighted by molar-refractivity contribution is 5.20. The number of rotatable bonds is 6. The Bertz CT molecular complexity index is 485. The van der Waals surface area contributed by atoms with Crippen LogP contribution in [0.2, 0.25) is 0 Å². The number of benzene rings is 1. The molecule has 0 saturated heterocycles. The van der Waals surface area contributed by atoms with Crippen LogP contribution in [0.25, 0.3) is 0 Å². The predicted molar refractivity (Wildman–Crippen MR) is 73.9 cm³/mol. The summed E-state index contributed by atoms with van der Waals surface area (Å²) in [5.74, 6) is 0.602. The fourth-order valence-electron chi connectivity index (χ4n) is 1.85. The van der Waals surface area contributed by atoms with E-state index in [1.165, 1.54) is 0 Å². The molecule has 0 amide bonds. The molecule has 2 rings (SSSR count). The third-order valence-electron chi connectivity index (χ3n) is 2.94. The second-order valence-electron chi connectivity index (χ2n) is 4.24. The molecule has 1 unspecified atom stereocenters. The molecule has 0 radical (unpaired) electrons. The molecule has 0 aliphatic carbocycles. The average molecular weight is 258 g/mol. The zero-order valence-corrected chi connectivity index (χ0v) is 10.9. The average Bonchev–Trinajstić information content (AvgIpc) is 2.49. The molecule has 2 aromatic rings. The van der Waals surface area contributed by atoms with Crippen molar-refractivity contribution >= 4 is 0 Å². The van der Waals surface area contributed by atoms with Crippen LogP contribution < -0.4 is 10.1 Å². The summed E-state index contributed by atoms with van der Waals surface area (Å²) in [6.45, 7) is 0.713. The lowest BCUT2D eigenvalue weighted by molar-refractivity contribution is 0.243. The Morgan fingerprint density at radius 1 is 1.21 bits per heavy atom. The zero-order chi connectivity index (χ0) is 13.5. The Hall–Kier alpha value is -1.91. The maximum absolute atomic E-state index is 9.44. The minimum atomic E-state index is -0.0664. The van der Waals surface area contributed by atoms with E-state index in [1.54, 1.807) is 13.3 Å². The number of aliphatic hydroxyl groups is 1. The number of hydrogen-bond donors (Lipinski definition) is 2. The van der Waals surface area contributed by atoms with Gasteiger partial charge in [0.2, 0.25) is 5.88 Å². The van der Waals surface area contributed by atoms with Gasteiger partial charge in [0.15, 0.2) is 0 Å². The molecule has 2 N–H and O–H groups in total. The lowest BCUT2D eigenvalue weighted by Gasteiger charge is -2.16. The molecule has 1 heterocycles. The number of ether oxygens (including phenoxy) is 1. The molecule has 0 saturated carbocycles. The highest BCUT2D eigenvalue weighted by Gasteiger charge is 2.08. The van der Waals surface area contributed by atoms with Crippen LogP contribution in [0.15, 0.2) is 48.7 Å². The summed E-state index contributed by atoms with van der Waals surface area (Å²) in [6.07, 6.45) is 1.77. The van der Waals surface area contributed by atoms with Crippen molar-refractivity contribution in [1.82, 2.24) is 10.3 Å². The molecular formula is C15H18N2O2. The number of aromatic nitrogens is 1. The first-order chi connectivity index (χ1) is 9.33. The minimum Gasteiger partial charge on any atom is -0.481 e. The Balaban J connectivity index is 1.96. The molecule has 1 aromatic carbocycles. The van der Waals surface area contributed by atoms with Crippen molar-refractivity contribution in [1.29, 1.82) is 0 Å². The topological polar surface area (TPSA) is 54.4 Å². The monoisotopic (exact) mass is 258 g/mol. The van der Waals surface area contributed by atoms with Crippen molar-refractivity contribution < 1.29 is 9.84 Å². The first-order valence-corrected chi connectivity index (χ1v) is 6.21. The third-order valence-corrected chi connectivity index (χ3v) is 2.94. The number of aliphatic hydroxyl groups excluding tert-OH is 1. The molecule has 19 heavy (non-hydrogen) atoms. The van der Waals surface area contributed by atoms with E-state index in [0.29, 0.717) is 12.4 Å². The molecule has 100 valence electrons. The van der Waals surface area contributed by atoms with Crippen LogP contribution in [0.4, 0.5) is 0 Å². The first-order valence-electron chi connectivity index (χ1n) is 6.21. The molecular weight excluding hydrogens is 240 g/mol. The SMILES string of the molecule is COc1ccc(CNC(CO)c2ccccc2)cn1. The largest absolute Gasteiger partial charge is 0.481 e. The second-order valence-corrected chi connectivity index (χ2v) is 4.24. The second kappa shape index (κ2) is 6.87. The van der Waals surface area contributed by atoms with Gasteiger partial charge in [0.1, 0.15) is 0 Å². The van der Waals surface area contributed by atoms with Crippen LogP contribution >= 0.6 is 0 Å². The van der Waals surface area contributed by atoms with Gasteiger partial charge in [-0.2, -0.15) is 0 Å². The highest BCUT2D eigenvalue weighted by atomic mass is 16.5. The maximum atomic E-state index is 9.44. The minimum absolute atomic E-state index is 0.0631. The number of pyridine rings is 1. The Kier molecular flexibility index (Phi) is 4.89. The van der Waals surface area contributed by atoms with Crippen molar-refractivity contribution in [3.8, 4) is 5.88 Å². The molecule has 0 aliphatic rings. The van der Waals surface area contributed by atoms with Crippen LogP contribution in [-0.2, 0) is 6.54 Å². The van der Waals surface area contributed by atoms with Gasteiger partial charge in [-0.25, -0.2) is 4.98 Å². The van der Waals surface area contributed by atoms with Crippen molar-refractivity contribution in [2.24, 2.45) is 0 Å². The van der Waals surface area contributed by atoms with Gasteiger partial charge in [-0.3, -0.25) is 0 Å². The van der Waals surface area contributed by atoms with Gasteiger partial charge in [0.05, 0.1) is 19.8 Å². The summed E-state index contributed by atoms with van der Waals surface area (Å²) >= 11 is 0. The van der Waals surface area contributed by atoms with Crippen LogP contribution in [0, 0.1) is 0 Å². The van der Waals surface area contributed by atoms with E-state index < -0.39 is 0 Å². The van der Waals surface area contributed by atoms with Gasteiger partial charge >= 0.3 is 0 Å². The van der Waals surface area contributed by atoms with Gasteiger partial charge in [-0.1, -0.05) is 36.4 Å². The van der Waals surface area contributed by atoms with Crippen molar-refractivity contribution in [3.05, 3.63) is 59.8 Å². The molecule has 0 aliphatic heterocycles. The number of methoxy groups -OCH3 is 1. The predicted octanol–water partition coefficient (Wildman–Crippen LogP) is 1.91. The standard InChI is InChI=1S/C15H18N2O2/c1-19-15-8-7-12(10-17-15)9-16-14(11-18)13-5-3-2-4-6-13/h2-8,10,14,16,18H,9,11H2,1H3. The molecule has 0 bridgehead atoms. The summed E-state index contributed by atoms with van der Waals surface area (Å²) < 4.78 is 5.01. The van der Waals surface area contributed by atoms with Crippen LogP contribution in [0.1, 0.15) is 17.2 Å². The van der Waals surface area contributed by atoms with E-state index in [0.717, 1.165) is 11.1 Å². The van der Waals surface area contributed by atoms with Crippen LogP contribution in [0.3, 0.4) is 0 Å². The van der Waals surface area contributed by atoms with Gasteiger partial charge < -0.3 is 15.2 Å². The van der Waals surface area contributed by atoms with Crippen LogP contribution in [0.5, 0.6) is 5.88 Å². The van der Waals surface area contributed by atoms with Gasteiger partial charge in [-0.15, -0.1) is 0 Å². The van der Waals surface area contributed by atoms with E-state index in [-0.39, 0.29) is 12.6 Å². The summed E-state index contributed by atoms with van der Waals surface area (Å²) in [7, 11) is 1.59. The van der Waals surface area contributed by atoms with E-state index in [2.05, 4.69) is 10.3 Å². The lowest BCUT2D eigenvalue weighted by atomic mass is 10.1. The smallest absolute Gasteiger partial charge is 0.212 e. The van der Waals surface area contributed by atoms with E-state index in [1.807, 2.05) is 42.5 Å². The molecule has 0 fully saturated rings. The number of nitrogens with one attached hydrogen (secondary N) is 1.